The summed E-state index contributed by atoms with van der Waals surface area (Å²) >= 11 is 3.39. The highest BCUT2D eigenvalue weighted by molar-refractivity contribution is 7.98. The molecule has 0 N–H and O–H groups in total. The van der Waals surface area contributed by atoms with Crippen molar-refractivity contribution in [1.82, 2.24) is 19.8 Å². The van der Waals surface area contributed by atoms with Gasteiger partial charge in [0.05, 0.1) is 17.6 Å². The van der Waals surface area contributed by atoms with Gasteiger partial charge in [-0.3, -0.25) is 0 Å². The maximum absolute atomic E-state index is 5.36. The van der Waals surface area contributed by atoms with Gasteiger partial charge in [0.25, 0.3) is 0 Å². The largest absolute Gasteiger partial charge is 0.469 e. The molecular weight excluding hydrogens is 340 g/mol. The maximum Gasteiger partial charge on any atom is 0.235 e. The third-order valence-electron chi connectivity index (χ3n) is 3.75. The van der Waals surface area contributed by atoms with E-state index in [1.165, 1.54) is 16.9 Å². The summed E-state index contributed by atoms with van der Waals surface area (Å²) in [4.78, 5) is 0.823. The molecule has 0 aliphatic carbocycles. The van der Waals surface area contributed by atoms with E-state index in [4.69, 9.17) is 4.42 Å². The minimum atomic E-state index is 0.807. The fourth-order valence-corrected chi connectivity index (χ4v) is 4.28. The van der Waals surface area contributed by atoms with Crippen molar-refractivity contribution in [3.05, 3.63) is 59.8 Å². The second-order valence-electron chi connectivity index (χ2n) is 5.40. The van der Waals surface area contributed by atoms with E-state index < -0.39 is 0 Å². The van der Waals surface area contributed by atoms with Crippen molar-refractivity contribution in [2.24, 2.45) is 0 Å². The molecule has 3 heterocycles. The standard InChI is InChI=1S/C17H16N4OS2/c1-12-14(7-9-22-12)16-20-21-15(18-19-17(21)24-16)11-23-10-8-13-5-3-2-4-6-13/h2-7,9H,8,10-11H2,1H3. The van der Waals surface area contributed by atoms with Crippen molar-refractivity contribution in [2.75, 3.05) is 5.75 Å². The van der Waals surface area contributed by atoms with Crippen LogP contribution in [0.15, 0.2) is 47.1 Å². The van der Waals surface area contributed by atoms with Crippen LogP contribution in [0, 0.1) is 6.92 Å². The fourth-order valence-electron chi connectivity index (χ4n) is 2.46. The maximum atomic E-state index is 5.36. The van der Waals surface area contributed by atoms with Crippen molar-refractivity contribution >= 4 is 28.1 Å². The van der Waals surface area contributed by atoms with Crippen LogP contribution in [-0.4, -0.2) is 25.6 Å². The lowest BCUT2D eigenvalue weighted by Gasteiger charge is -2.00. The van der Waals surface area contributed by atoms with Gasteiger partial charge in [0, 0.05) is 0 Å². The van der Waals surface area contributed by atoms with Gasteiger partial charge in [-0.25, -0.2) is 0 Å². The molecule has 4 rings (SSSR count). The lowest BCUT2D eigenvalue weighted by molar-refractivity contribution is 0.535. The minimum absolute atomic E-state index is 0.807. The van der Waals surface area contributed by atoms with Crippen LogP contribution in [0.5, 0.6) is 0 Å². The number of thioether (sulfide) groups is 1. The molecule has 0 bridgehead atoms. The van der Waals surface area contributed by atoms with Gasteiger partial charge in [-0.05, 0) is 30.7 Å². The summed E-state index contributed by atoms with van der Waals surface area (Å²) < 4.78 is 7.21. The van der Waals surface area contributed by atoms with Crippen LogP contribution in [0.1, 0.15) is 17.1 Å². The number of benzene rings is 1. The highest BCUT2D eigenvalue weighted by Crippen LogP contribution is 2.29. The quantitative estimate of drug-likeness (QED) is 0.484. The van der Waals surface area contributed by atoms with E-state index in [1.54, 1.807) is 6.26 Å². The number of nitrogens with zero attached hydrogens (tertiary/aromatic N) is 4. The van der Waals surface area contributed by atoms with Crippen molar-refractivity contribution < 1.29 is 4.42 Å². The number of hydrogen-bond acceptors (Lipinski definition) is 6. The Bertz CT molecular complexity index is 942. The summed E-state index contributed by atoms with van der Waals surface area (Å²) in [5.74, 6) is 3.63. The summed E-state index contributed by atoms with van der Waals surface area (Å²) in [5.41, 5.74) is 2.39. The first kappa shape index (κ1) is 15.4. The van der Waals surface area contributed by atoms with E-state index in [9.17, 15) is 0 Å². The van der Waals surface area contributed by atoms with Gasteiger partial charge in [0.1, 0.15) is 5.76 Å². The molecular formula is C17H16N4OS2. The molecule has 0 unspecified atom stereocenters. The zero-order chi connectivity index (χ0) is 16.4. The first-order chi connectivity index (χ1) is 11.8. The molecule has 0 saturated heterocycles. The molecule has 0 saturated carbocycles. The van der Waals surface area contributed by atoms with Gasteiger partial charge in [0.2, 0.25) is 4.96 Å². The van der Waals surface area contributed by atoms with E-state index in [1.807, 2.05) is 35.3 Å². The van der Waals surface area contributed by atoms with Crippen molar-refractivity contribution in [2.45, 2.75) is 19.1 Å². The Balaban J connectivity index is 1.43. The van der Waals surface area contributed by atoms with Gasteiger partial charge in [-0.1, -0.05) is 41.7 Å². The molecule has 1 aromatic carbocycles. The first-order valence-electron chi connectivity index (χ1n) is 7.68. The zero-order valence-corrected chi connectivity index (χ0v) is 14.8. The average Bonchev–Trinajstić information content (AvgIpc) is 3.28. The Kier molecular flexibility index (Phi) is 4.36. The predicted octanol–water partition coefficient (Wildman–Crippen LogP) is 4.23. The number of hydrogen-bond donors (Lipinski definition) is 0. The second-order valence-corrected chi connectivity index (χ2v) is 7.46. The molecule has 0 radical (unpaired) electrons. The summed E-state index contributed by atoms with van der Waals surface area (Å²) in [6.07, 6.45) is 2.75. The molecule has 0 spiro atoms. The summed E-state index contributed by atoms with van der Waals surface area (Å²) in [6, 6.07) is 12.5. The van der Waals surface area contributed by atoms with E-state index in [-0.39, 0.29) is 0 Å². The van der Waals surface area contributed by atoms with E-state index >= 15 is 0 Å². The van der Waals surface area contributed by atoms with Crippen molar-refractivity contribution in [3.8, 4) is 10.6 Å². The fraction of sp³-hybridized carbons (Fsp3) is 0.235. The van der Waals surface area contributed by atoms with Crippen LogP contribution in [0.3, 0.4) is 0 Å². The lowest BCUT2D eigenvalue weighted by atomic mass is 10.2. The van der Waals surface area contributed by atoms with E-state index in [0.29, 0.717) is 0 Å². The molecule has 24 heavy (non-hydrogen) atoms. The van der Waals surface area contributed by atoms with Crippen molar-refractivity contribution in [3.63, 3.8) is 0 Å². The lowest BCUT2D eigenvalue weighted by Crippen LogP contribution is -1.96. The Morgan fingerprint density at radius 2 is 2.04 bits per heavy atom. The molecule has 122 valence electrons. The van der Waals surface area contributed by atoms with Crippen LogP contribution in [-0.2, 0) is 12.2 Å². The minimum Gasteiger partial charge on any atom is -0.469 e. The summed E-state index contributed by atoms with van der Waals surface area (Å²) in [6.45, 7) is 1.94. The van der Waals surface area contributed by atoms with Gasteiger partial charge in [-0.15, -0.1) is 10.2 Å². The smallest absolute Gasteiger partial charge is 0.235 e. The van der Waals surface area contributed by atoms with Crippen LogP contribution in [0.2, 0.25) is 0 Å². The van der Waals surface area contributed by atoms with Gasteiger partial charge in [0.15, 0.2) is 10.8 Å². The molecule has 5 nitrogen and oxygen atoms in total. The predicted molar refractivity (Wildman–Crippen MR) is 97.4 cm³/mol. The number of aryl methyl sites for hydroxylation is 2. The molecule has 0 aliphatic rings. The number of fused-ring (bicyclic) bond motifs is 1. The summed E-state index contributed by atoms with van der Waals surface area (Å²) in [5, 5.41) is 14.1. The van der Waals surface area contributed by atoms with Crippen LogP contribution >= 0.6 is 23.1 Å². The molecule has 0 fully saturated rings. The summed E-state index contributed by atoms with van der Waals surface area (Å²) in [7, 11) is 0. The Labute approximate surface area is 147 Å². The van der Waals surface area contributed by atoms with Crippen LogP contribution in [0.25, 0.3) is 15.5 Å². The molecule has 0 amide bonds. The van der Waals surface area contributed by atoms with Crippen molar-refractivity contribution in [1.29, 1.82) is 0 Å². The van der Waals surface area contributed by atoms with Crippen LogP contribution < -0.4 is 0 Å². The van der Waals surface area contributed by atoms with Gasteiger partial charge < -0.3 is 4.42 Å². The second kappa shape index (κ2) is 6.78. The van der Waals surface area contributed by atoms with E-state index in [0.717, 1.165) is 45.0 Å². The monoisotopic (exact) mass is 356 g/mol. The average molecular weight is 356 g/mol. The highest BCUT2D eigenvalue weighted by Gasteiger charge is 2.15. The Morgan fingerprint density at radius 3 is 2.83 bits per heavy atom. The number of furan rings is 1. The van der Waals surface area contributed by atoms with Gasteiger partial charge in [-0.2, -0.15) is 21.4 Å². The molecule has 4 aromatic rings. The SMILES string of the molecule is Cc1occc1-c1nn2c(CSCCc3ccccc3)nnc2s1. The first-order valence-corrected chi connectivity index (χ1v) is 9.65. The Morgan fingerprint density at radius 1 is 1.17 bits per heavy atom. The third kappa shape index (κ3) is 3.09. The zero-order valence-electron chi connectivity index (χ0n) is 13.2. The molecule has 3 aromatic heterocycles. The highest BCUT2D eigenvalue weighted by atomic mass is 32.2. The Hall–Kier alpha value is -2.12. The van der Waals surface area contributed by atoms with E-state index in [2.05, 4.69) is 39.6 Å². The number of aromatic nitrogens is 4. The van der Waals surface area contributed by atoms with Crippen LogP contribution in [0.4, 0.5) is 0 Å². The number of rotatable bonds is 6. The molecule has 7 heteroatoms. The third-order valence-corrected chi connectivity index (χ3v) is 5.64. The molecule has 0 aliphatic heterocycles. The van der Waals surface area contributed by atoms with Gasteiger partial charge >= 0.3 is 0 Å². The normalized spacial score (nSPS) is 11.4. The topological polar surface area (TPSA) is 56.2 Å². The molecule has 0 atom stereocenters.